The summed E-state index contributed by atoms with van der Waals surface area (Å²) in [4.78, 5) is 50.7. The SMILES string of the molecule is COC(=O)[C@]12CC[C@@H](C)[C@H](C)[C@H]1C1=CC[C@@H]3[C@@]4(C)C[C@@H](OC(C)=O)[C@H](OC(C)=O)[C@](C)(COC(C)=O)[C@@H]4CC[C@@]3(C)[C@]1(C)CC2. The molecule has 0 spiro atoms. The van der Waals surface area contributed by atoms with Crippen LogP contribution in [0.2, 0.25) is 0 Å². The van der Waals surface area contributed by atoms with Crippen LogP contribution >= 0.6 is 0 Å². The lowest BCUT2D eigenvalue weighted by molar-refractivity contribution is -0.256. The molecule has 0 unspecified atom stereocenters. The molecule has 12 atom stereocenters. The summed E-state index contributed by atoms with van der Waals surface area (Å²) in [6.45, 7) is 18.2. The minimum Gasteiger partial charge on any atom is -0.469 e. The molecule has 4 fully saturated rings. The van der Waals surface area contributed by atoms with Gasteiger partial charge in [-0.05, 0) is 97.2 Å². The zero-order valence-electron chi connectivity index (χ0n) is 29.2. The van der Waals surface area contributed by atoms with Crippen LogP contribution in [0.4, 0.5) is 0 Å². The average Bonchev–Trinajstić information content (AvgIpc) is 2.95. The number of ether oxygens (including phenoxy) is 4. The van der Waals surface area contributed by atoms with Crippen molar-refractivity contribution in [2.24, 2.45) is 56.7 Å². The molecular formula is C37H56O8. The van der Waals surface area contributed by atoms with E-state index in [1.807, 2.05) is 6.92 Å². The van der Waals surface area contributed by atoms with Gasteiger partial charge in [0.2, 0.25) is 0 Å². The normalized spacial score (nSPS) is 47.0. The molecule has 0 aliphatic heterocycles. The van der Waals surface area contributed by atoms with Crippen molar-refractivity contribution in [1.82, 2.24) is 0 Å². The molecule has 8 heteroatoms. The van der Waals surface area contributed by atoms with Gasteiger partial charge in [0.05, 0.1) is 12.5 Å². The number of hydrogen-bond acceptors (Lipinski definition) is 8. The van der Waals surface area contributed by atoms with E-state index in [4.69, 9.17) is 18.9 Å². The highest BCUT2D eigenvalue weighted by Gasteiger charge is 2.72. The Kier molecular flexibility index (Phi) is 8.60. The topological polar surface area (TPSA) is 105 Å². The molecule has 5 aliphatic carbocycles. The summed E-state index contributed by atoms with van der Waals surface area (Å²) >= 11 is 0. The fraction of sp³-hybridized carbons (Fsp3) is 0.838. The Balaban J connectivity index is 1.63. The van der Waals surface area contributed by atoms with Gasteiger partial charge in [-0.25, -0.2) is 0 Å². The number of methoxy groups -OCH3 is 1. The molecule has 5 aliphatic rings. The summed E-state index contributed by atoms with van der Waals surface area (Å²) in [7, 11) is 1.54. The van der Waals surface area contributed by atoms with E-state index in [1.54, 1.807) is 0 Å². The van der Waals surface area contributed by atoms with Gasteiger partial charge < -0.3 is 18.9 Å². The molecule has 0 bridgehead atoms. The van der Waals surface area contributed by atoms with Gasteiger partial charge in [0.25, 0.3) is 0 Å². The van der Waals surface area contributed by atoms with Gasteiger partial charge in [0, 0.05) is 26.2 Å². The smallest absolute Gasteiger partial charge is 0.312 e. The average molecular weight is 629 g/mol. The van der Waals surface area contributed by atoms with Gasteiger partial charge in [-0.1, -0.05) is 53.2 Å². The Labute approximate surface area is 269 Å². The lowest BCUT2D eigenvalue weighted by atomic mass is 9.33. The first-order chi connectivity index (χ1) is 20.9. The maximum absolute atomic E-state index is 13.6. The first-order valence-electron chi connectivity index (χ1n) is 17.2. The molecule has 0 aromatic rings. The van der Waals surface area contributed by atoms with E-state index in [1.165, 1.54) is 33.5 Å². The lowest BCUT2D eigenvalue weighted by Gasteiger charge is -2.71. The number of fused-ring (bicyclic) bond motifs is 7. The predicted octanol–water partition coefficient (Wildman–Crippen LogP) is 6.83. The molecule has 0 heterocycles. The van der Waals surface area contributed by atoms with Crippen LogP contribution in [0.3, 0.4) is 0 Å². The summed E-state index contributed by atoms with van der Waals surface area (Å²) in [5.41, 5.74) is -0.272. The van der Waals surface area contributed by atoms with Crippen molar-refractivity contribution in [3.05, 3.63) is 11.6 Å². The van der Waals surface area contributed by atoms with E-state index in [-0.39, 0.29) is 52.5 Å². The van der Waals surface area contributed by atoms with Crippen LogP contribution < -0.4 is 0 Å². The maximum Gasteiger partial charge on any atom is 0.312 e. The summed E-state index contributed by atoms with van der Waals surface area (Å²) in [6.07, 6.45) is 8.01. The second-order valence-corrected chi connectivity index (χ2v) is 16.5. The Hall–Kier alpha value is -2.38. The Morgan fingerprint density at radius 3 is 2.11 bits per heavy atom. The fourth-order valence-corrected chi connectivity index (χ4v) is 12.1. The first kappa shape index (κ1) is 34.0. The highest BCUT2D eigenvalue weighted by atomic mass is 16.6. The third kappa shape index (κ3) is 4.89. The van der Waals surface area contributed by atoms with Gasteiger partial charge in [0.15, 0.2) is 0 Å². The van der Waals surface area contributed by atoms with E-state index in [9.17, 15) is 19.2 Å². The Morgan fingerprint density at radius 1 is 0.844 bits per heavy atom. The second kappa shape index (κ2) is 11.4. The summed E-state index contributed by atoms with van der Waals surface area (Å²) in [5.74, 6) is 0.0474. The van der Waals surface area contributed by atoms with Crippen molar-refractivity contribution in [2.45, 2.75) is 126 Å². The van der Waals surface area contributed by atoms with E-state index >= 15 is 0 Å². The molecule has 0 amide bonds. The van der Waals surface area contributed by atoms with Crippen molar-refractivity contribution in [1.29, 1.82) is 0 Å². The van der Waals surface area contributed by atoms with Crippen LogP contribution in [0.15, 0.2) is 11.6 Å². The van der Waals surface area contributed by atoms with Crippen LogP contribution in [0.5, 0.6) is 0 Å². The molecule has 0 aromatic heterocycles. The van der Waals surface area contributed by atoms with Crippen molar-refractivity contribution in [2.75, 3.05) is 13.7 Å². The summed E-state index contributed by atoms with van der Waals surface area (Å²) in [5, 5.41) is 0. The minimum absolute atomic E-state index is 0.0496. The van der Waals surface area contributed by atoms with Crippen molar-refractivity contribution in [3.63, 3.8) is 0 Å². The Bertz CT molecular complexity index is 1270. The molecule has 5 rings (SSSR count). The number of allylic oxidation sites excluding steroid dienone is 2. The van der Waals surface area contributed by atoms with Gasteiger partial charge in [-0.15, -0.1) is 0 Å². The van der Waals surface area contributed by atoms with Crippen LogP contribution in [-0.2, 0) is 38.1 Å². The third-order valence-electron chi connectivity index (χ3n) is 14.5. The number of rotatable bonds is 5. The number of carbonyl (C=O) groups is 4. The van der Waals surface area contributed by atoms with Crippen LogP contribution in [0, 0.1) is 56.7 Å². The van der Waals surface area contributed by atoms with Gasteiger partial charge in [0.1, 0.15) is 18.8 Å². The molecular weight excluding hydrogens is 572 g/mol. The van der Waals surface area contributed by atoms with Crippen LogP contribution in [0.1, 0.15) is 114 Å². The molecule has 45 heavy (non-hydrogen) atoms. The molecule has 8 nitrogen and oxygen atoms in total. The number of hydrogen-bond donors (Lipinski definition) is 0. The summed E-state index contributed by atoms with van der Waals surface area (Å²) in [6, 6.07) is 0. The van der Waals surface area contributed by atoms with E-state index in [0.717, 1.165) is 44.9 Å². The minimum atomic E-state index is -0.753. The van der Waals surface area contributed by atoms with E-state index < -0.39 is 35.0 Å². The van der Waals surface area contributed by atoms with Crippen LogP contribution in [-0.4, -0.2) is 49.8 Å². The van der Waals surface area contributed by atoms with E-state index in [0.29, 0.717) is 18.3 Å². The van der Waals surface area contributed by atoms with Gasteiger partial charge in [-0.2, -0.15) is 0 Å². The first-order valence-corrected chi connectivity index (χ1v) is 17.2. The highest BCUT2D eigenvalue weighted by molar-refractivity contribution is 5.78. The number of carbonyl (C=O) groups excluding carboxylic acids is 4. The zero-order chi connectivity index (χ0) is 33.3. The quantitative estimate of drug-likeness (QED) is 0.185. The lowest BCUT2D eigenvalue weighted by Crippen LogP contribution is -2.69. The second-order valence-electron chi connectivity index (χ2n) is 16.5. The molecule has 0 N–H and O–H groups in total. The zero-order valence-corrected chi connectivity index (χ0v) is 29.2. The van der Waals surface area contributed by atoms with Crippen molar-refractivity contribution in [3.8, 4) is 0 Å². The molecule has 0 aromatic carbocycles. The fourth-order valence-electron chi connectivity index (χ4n) is 12.1. The molecule has 4 saturated carbocycles. The monoisotopic (exact) mass is 628 g/mol. The largest absolute Gasteiger partial charge is 0.469 e. The third-order valence-corrected chi connectivity index (χ3v) is 14.5. The molecule has 252 valence electrons. The maximum atomic E-state index is 13.6. The van der Waals surface area contributed by atoms with Crippen molar-refractivity contribution < 1.29 is 38.1 Å². The number of esters is 4. The van der Waals surface area contributed by atoms with Gasteiger partial charge in [-0.3, -0.25) is 19.2 Å². The predicted molar refractivity (Wildman–Crippen MR) is 168 cm³/mol. The van der Waals surface area contributed by atoms with Gasteiger partial charge >= 0.3 is 23.9 Å². The standard InChI is InChI=1S/C37H56O8/c1-21-13-16-37(32(41)42-10)18-17-35(8)26(30(37)22(21)2)11-12-29-33(6)19-27(44-24(4)39)31(45-25(5)40)34(7,20-43-23(3)38)28(33)14-15-36(29,35)9/h11,21-22,27-31H,12-20H2,1-10H3/t21-,22+,27-,28-,29-,30+,31+,33+,34-,35-,36-,37+/m1/s1. The Morgan fingerprint density at radius 2 is 1.51 bits per heavy atom. The highest BCUT2D eigenvalue weighted by Crippen LogP contribution is 2.76. The van der Waals surface area contributed by atoms with Crippen molar-refractivity contribution >= 4 is 23.9 Å². The molecule has 0 radical (unpaired) electrons. The van der Waals surface area contributed by atoms with E-state index in [2.05, 4.69) is 40.7 Å². The molecule has 0 saturated heterocycles. The summed E-state index contributed by atoms with van der Waals surface area (Å²) < 4.78 is 23.2. The van der Waals surface area contributed by atoms with Crippen LogP contribution in [0.25, 0.3) is 0 Å².